The highest BCUT2D eigenvalue weighted by atomic mass is 79.9. The fourth-order valence-electron chi connectivity index (χ4n) is 3.08. The molecule has 0 unspecified atom stereocenters. The molecule has 3 aromatic rings. The summed E-state index contributed by atoms with van der Waals surface area (Å²) in [6.07, 6.45) is 1.79. The number of benzene rings is 1. The summed E-state index contributed by atoms with van der Waals surface area (Å²) in [5.41, 5.74) is 4.21. The monoisotopic (exact) mass is 461 g/mol. The van der Waals surface area contributed by atoms with Crippen molar-refractivity contribution >= 4 is 27.5 Å². The van der Waals surface area contributed by atoms with Gasteiger partial charge in [0.15, 0.2) is 11.5 Å². The Kier molecular flexibility index (Phi) is 6.26. The van der Waals surface area contributed by atoms with Crippen molar-refractivity contribution in [3.8, 4) is 11.5 Å². The minimum Gasteiger partial charge on any atom is -0.493 e. The summed E-state index contributed by atoms with van der Waals surface area (Å²) in [6, 6.07) is 5.76. The molecule has 154 valence electrons. The Morgan fingerprint density at radius 1 is 1.10 bits per heavy atom. The normalized spacial score (nSPS) is 10.8. The van der Waals surface area contributed by atoms with E-state index in [1.54, 1.807) is 25.1 Å². The second-order valence-electron chi connectivity index (χ2n) is 6.70. The summed E-state index contributed by atoms with van der Waals surface area (Å²) in [6.45, 7) is 6.37. The largest absolute Gasteiger partial charge is 0.493 e. The molecule has 0 aliphatic heterocycles. The van der Waals surface area contributed by atoms with Gasteiger partial charge in [-0.2, -0.15) is 10.2 Å². The zero-order valence-corrected chi connectivity index (χ0v) is 18.7. The van der Waals surface area contributed by atoms with Gasteiger partial charge < -0.3 is 14.8 Å². The smallest absolute Gasteiger partial charge is 0.246 e. The minimum atomic E-state index is -0.156. The summed E-state index contributed by atoms with van der Waals surface area (Å²) < 4.78 is 15.0. The molecule has 0 fully saturated rings. The lowest BCUT2D eigenvalue weighted by atomic mass is 10.2. The van der Waals surface area contributed by atoms with Gasteiger partial charge >= 0.3 is 0 Å². The zero-order valence-electron chi connectivity index (χ0n) is 17.1. The molecule has 3 rings (SSSR count). The number of aryl methyl sites for hydroxylation is 2. The van der Waals surface area contributed by atoms with Gasteiger partial charge in [-0.25, -0.2) is 0 Å². The number of ether oxygens (including phenoxy) is 2. The first kappa shape index (κ1) is 20.9. The maximum Gasteiger partial charge on any atom is 0.246 e. The number of hydrogen-bond acceptors (Lipinski definition) is 5. The third-order valence-corrected chi connectivity index (χ3v) is 5.40. The van der Waals surface area contributed by atoms with Crippen LogP contribution in [0.15, 0.2) is 28.9 Å². The van der Waals surface area contributed by atoms with Gasteiger partial charge in [0.05, 0.1) is 48.0 Å². The molecule has 2 heterocycles. The highest BCUT2D eigenvalue weighted by Gasteiger charge is 2.16. The predicted octanol–water partition coefficient (Wildman–Crippen LogP) is 3.47. The molecule has 8 nitrogen and oxygen atoms in total. The van der Waals surface area contributed by atoms with Crippen molar-refractivity contribution in [1.82, 2.24) is 19.6 Å². The van der Waals surface area contributed by atoms with Crippen LogP contribution in [0.5, 0.6) is 11.5 Å². The molecule has 0 bridgehead atoms. The predicted molar refractivity (Wildman–Crippen MR) is 114 cm³/mol. The summed E-state index contributed by atoms with van der Waals surface area (Å²) >= 11 is 3.40. The number of anilines is 1. The number of nitrogens with one attached hydrogen (secondary N) is 1. The second-order valence-corrected chi connectivity index (χ2v) is 7.56. The Balaban J connectivity index is 1.75. The topological polar surface area (TPSA) is 83.2 Å². The van der Waals surface area contributed by atoms with E-state index in [1.165, 1.54) is 0 Å². The Labute approximate surface area is 177 Å². The lowest BCUT2D eigenvalue weighted by Gasteiger charge is -2.11. The van der Waals surface area contributed by atoms with Crippen LogP contribution in [0.1, 0.15) is 22.6 Å². The van der Waals surface area contributed by atoms with Gasteiger partial charge in [0.25, 0.3) is 0 Å². The SMILES string of the molecule is COc1ccc(Cn2nc(C)c(NC(=O)Cn3cc(Br)c(C)n3)c2C)cc1OC. The summed E-state index contributed by atoms with van der Waals surface area (Å²) in [5.74, 6) is 1.19. The number of rotatable bonds is 7. The molecule has 1 amide bonds. The standard InChI is InChI=1S/C20H24BrN5O3/c1-12-16(21)10-25(23-12)11-19(27)22-20-13(2)24-26(14(20)3)9-15-6-7-17(28-4)18(8-15)29-5/h6-8,10H,9,11H2,1-5H3,(H,22,27). The molecule has 0 spiro atoms. The lowest BCUT2D eigenvalue weighted by Crippen LogP contribution is -2.20. The van der Waals surface area contributed by atoms with Gasteiger partial charge in [0.1, 0.15) is 6.54 Å². The first-order valence-electron chi connectivity index (χ1n) is 9.06. The number of halogens is 1. The molecule has 9 heteroatoms. The number of aromatic nitrogens is 4. The fourth-order valence-corrected chi connectivity index (χ4v) is 3.40. The van der Waals surface area contributed by atoms with E-state index in [4.69, 9.17) is 9.47 Å². The van der Waals surface area contributed by atoms with E-state index in [0.29, 0.717) is 18.0 Å². The average Bonchev–Trinajstić information content (AvgIpc) is 3.13. The number of carbonyl (C=O) groups excluding carboxylic acids is 1. The quantitative estimate of drug-likeness (QED) is 0.582. The number of hydrogen-bond donors (Lipinski definition) is 1. The van der Waals surface area contributed by atoms with Gasteiger partial charge in [0.2, 0.25) is 5.91 Å². The number of nitrogens with zero attached hydrogens (tertiary/aromatic N) is 4. The minimum absolute atomic E-state index is 0.131. The van der Waals surface area contributed by atoms with Crippen molar-refractivity contribution in [2.75, 3.05) is 19.5 Å². The molecule has 0 aliphatic rings. The van der Waals surface area contributed by atoms with Crippen LogP contribution in [-0.4, -0.2) is 39.7 Å². The van der Waals surface area contributed by atoms with Gasteiger partial charge in [-0.05, 0) is 54.4 Å². The van der Waals surface area contributed by atoms with Crippen LogP contribution in [0.4, 0.5) is 5.69 Å². The highest BCUT2D eigenvalue weighted by Crippen LogP contribution is 2.28. The van der Waals surface area contributed by atoms with E-state index in [1.807, 2.05) is 43.7 Å². The molecule has 0 aliphatic carbocycles. The second kappa shape index (κ2) is 8.69. The molecule has 1 N–H and O–H groups in total. The zero-order chi connectivity index (χ0) is 21.1. The summed E-state index contributed by atoms with van der Waals surface area (Å²) in [4.78, 5) is 12.5. The van der Waals surface area contributed by atoms with Crippen LogP contribution in [0.3, 0.4) is 0 Å². The van der Waals surface area contributed by atoms with Crippen molar-refractivity contribution in [3.05, 3.63) is 51.5 Å². The molecule has 0 atom stereocenters. The maximum absolute atomic E-state index is 12.5. The van der Waals surface area contributed by atoms with Crippen LogP contribution < -0.4 is 14.8 Å². The Hall–Kier alpha value is -2.81. The molecule has 2 aromatic heterocycles. The van der Waals surface area contributed by atoms with Crippen LogP contribution in [-0.2, 0) is 17.9 Å². The molecule has 0 radical (unpaired) electrons. The van der Waals surface area contributed by atoms with Crippen LogP contribution in [0.25, 0.3) is 0 Å². The van der Waals surface area contributed by atoms with E-state index >= 15 is 0 Å². The number of methoxy groups -OCH3 is 2. The average molecular weight is 462 g/mol. The van der Waals surface area contributed by atoms with E-state index in [0.717, 1.165) is 32.8 Å². The molecule has 0 saturated carbocycles. The van der Waals surface area contributed by atoms with Gasteiger partial charge in [0, 0.05) is 6.20 Å². The molecule has 0 saturated heterocycles. The Morgan fingerprint density at radius 3 is 2.45 bits per heavy atom. The van der Waals surface area contributed by atoms with E-state index in [2.05, 4.69) is 31.4 Å². The van der Waals surface area contributed by atoms with Crippen LogP contribution in [0.2, 0.25) is 0 Å². The molecule has 29 heavy (non-hydrogen) atoms. The van der Waals surface area contributed by atoms with Crippen molar-refractivity contribution in [3.63, 3.8) is 0 Å². The molecular weight excluding hydrogens is 438 g/mol. The molecule has 1 aromatic carbocycles. The van der Waals surface area contributed by atoms with Gasteiger partial charge in [-0.1, -0.05) is 6.07 Å². The lowest BCUT2D eigenvalue weighted by molar-refractivity contribution is -0.116. The van der Waals surface area contributed by atoms with Crippen molar-refractivity contribution < 1.29 is 14.3 Å². The third kappa shape index (κ3) is 4.61. The fraction of sp³-hybridized carbons (Fsp3) is 0.350. The summed E-state index contributed by atoms with van der Waals surface area (Å²) in [5, 5.41) is 11.8. The van der Waals surface area contributed by atoms with E-state index in [9.17, 15) is 4.79 Å². The van der Waals surface area contributed by atoms with E-state index in [-0.39, 0.29) is 12.5 Å². The number of carbonyl (C=O) groups is 1. The Bertz CT molecular complexity index is 1020. The van der Waals surface area contributed by atoms with Gasteiger partial charge in [-0.3, -0.25) is 14.2 Å². The first-order chi connectivity index (χ1) is 13.8. The maximum atomic E-state index is 12.5. The Morgan fingerprint density at radius 2 is 1.83 bits per heavy atom. The van der Waals surface area contributed by atoms with Crippen LogP contribution in [0, 0.1) is 20.8 Å². The van der Waals surface area contributed by atoms with Crippen LogP contribution >= 0.6 is 15.9 Å². The molecular formula is C20H24BrN5O3. The third-order valence-electron chi connectivity index (χ3n) is 4.62. The van der Waals surface area contributed by atoms with E-state index < -0.39 is 0 Å². The van der Waals surface area contributed by atoms with Crippen molar-refractivity contribution in [1.29, 1.82) is 0 Å². The van der Waals surface area contributed by atoms with Crippen molar-refractivity contribution in [2.45, 2.75) is 33.9 Å². The number of amides is 1. The van der Waals surface area contributed by atoms with Crippen molar-refractivity contribution in [2.24, 2.45) is 0 Å². The van der Waals surface area contributed by atoms with Gasteiger partial charge in [-0.15, -0.1) is 0 Å². The first-order valence-corrected chi connectivity index (χ1v) is 9.86. The summed E-state index contributed by atoms with van der Waals surface area (Å²) in [7, 11) is 3.22. The highest BCUT2D eigenvalue weighted by molar-refractivity contribution is 9.10.